The molecule has 4 N–H and O–H groups in total. The second-order valence-corrected chi connectivity index (χ2v) is 5.39. The van der Waals surface area contributed by atoms with Crippen molar-refractivity contribution < 1.29 is 18.3 Å². The minimum absolute atomic E-state index is 0.00181. The first-order valence-corrected chi connectivity index (χ1v) is 6.09. The molecule has 0 spiro atoms. The monoisotopic (exact) mass is 291 g/mol. The topological polar surface area (TPSA) is 61.5 Å². The summed E-state index contributed by atoms with van der Waals surface area (Å²) >= 11 is 0. The first-order valence-electron chi connectivity index (χ1n) is 6.09. The van der Waals surface area contributed by atoms with Crippen LogP contribution in [0.15, 0.2) is 18.2 Å². The van der Waals surface area contributed by atoms with Crippen LogP contribution in [-0.4, -0.2) is 42.8 Å². The highest BCUT2D eigenvalue weighted by molar-refractivity contribution is 5.59. The molecule has 0 aliphatic heterocycles. The van der Waals surface area contributed by atoms with Gasteiger partial charge in [-0.3, -0.25) is 0 Å². The minimum Gasteiger partial charge on any atom is -0.399 e. The molecule has 1 aromatic rings. The van der Waals surface area contributed by atoms with E-state index in [4.69, 9.17) is 5.73 Å². The number of hydrogen-bond acceptors (Lipinski definition) is 4. The standard InChI is InChI=1S/C13H20F3N3O/c1-12(20,8-19(2)3)7-18-11-5-4-9(17)6-10(11)13(14,15)16/h4-6,18,20H,7-8,17H2,1-3H3. The van der Waals surface area contributed by atoms with Gasteiger partial charge in [0.25, 0.3) is 0 Å². The molecule has 114 valence electrons. The van der Waals surface area contributed by atoms with Crippen LogP contribution in [0.25, 0.3) is 0 Å². The SMILES string of the molecule is CN(C)CC(C)(O)CNc1ccc(N)cc1C(F)(F)F. The average Bonchev–Trinajstić information content (AvgIpc) is 2.24. The fraction of sp³-hybridized carbons (Fsp3) is 0.538. The first kappa shape index (κ1) is 16.6. The highest BCUT2D eigenvalue weighted by Gasteiger charge is 2.34. The molecule has 0 amide bonds. The van der Waals surface area contributed by atoms with Crippen molar-refractivity contribution in [3.8, 4) is 0 Å². The Morgan fingerprint density at radius 1 is 1.30 bits per heavy atom. The number of likely N-dealkylation sites (N-methyl/N-ethyl adjacent to an activating group) is 1. The second kappa shape index (κ2) is 5.88. The third kappa shape index (κ3) is 4.90. The van der Waals surface area contributed by atoms with Crippen LogP contribution >= 0.6 is 0 Å². The number of nitrogens with one attached hydrogen (secondary N) is 1. The number of hydrogen-bond donors (Lipinski definition) is 3. The van der Waals surface area contributed by atoms with Gasteiger partial charge in [-0.2, -0.15) is 13.2 Å². The Hall–Kier alpha value is -1.47. The minimum atomic E-state index is -4.49. The molecule has 7 heteroatoms. The molecule has 20 heavy (non-hydrogen) atoms. The van der Waals surface area contributed by atoms with Crippen LogP contribution in [0.5, 0.6) is 0 Å². The molecular formula is C13H20F3N3O. The maximum absolute atomic E-state index is 12.9. The van der Waals surface area contributed by atoms with Crippen molar-refractivity contribution in [3.63, 3.8) is 0 Å². The molecule has 4 nitrogen and oxygen atoms in total. The van der Waals surface area contributed by atoms with E-state index in [2.05, 4.69) is 5.32 Å². The molecule has 1 unspecified atom stereocenters. The van der Waals surface area contributed by atoms with Gasteiger partial charge in [0.05, 0.1) is 11.2 Å². The van der Waals surface area contributed by atoms with E-state index in [0.29, 0.717) is 6.54 Å². The highest BCUT2D eigenvalue weighted by atomic mass is 19.4. The quantitative estimate of drug-likeness (QED) is 0.726. The van der Waals surface area contributed by atoms with Gasteiger partial charge < -0.3 is 21.1 Å². The van der Waals surface area contributed by atoms with E-state index in [1.54, 1.807) is 25.9 Å². The van der Waals surface area contributed by atoms with Gasteiger partial charge in [0.1, 0.15) is 0 Å². The van der Waals surface area contributed by atoms with Gasteiger partial charge in [0.15, 0.2) is 0 Å². The van der Waals surface area contributed by atoms with Crippen molar-refractivity contribution in [2.24, 2.45) is 0 Å². The van der Waals surface area contributed by atoms with Gasteiger partial charge >= 0.3 is 6.18 Å². The van der Waals surface area contributed by atoms with Crippen molar-refractivity contribution in [2.45, 2.75) is 18.7 Å². The molecule has 0 aliphatic rings. The molecule has 0 radical (unpaired) electrons. The number of nitrogen functional groups attached to an aromatic ring is 1. The van der Waals surface area contributed by atoms with E-state index in [-0.39, 0.29) is 17.9 Å². The summed E-state index contributed by atoms with van der Waals surface area (Å²) in [6.07, 6.45) is -4.49. The molecule has 0 aliphatic carbocycles. The Labute approximate surface area is 116 Å². The molecule has 0 aromatic heterocycles. The summed E-state index contributed by atoms with van der Waals surface area (Å²) in [5.41, 5.74) is 3.36. The van der Waals surface area contributed by atoms with E-state index >= 15 is 0 Å². The zero-order chi connectivity index (χ0) is 15.6. The summed E-state index contributed by atoms with van der Waals surface area (Å²) in [7, 11) is 3.55. The molecule has 1 aromatic carbocycles. The van der Waals surface area contributed by atoms with Crippen LogP contribution in [0.3, 0.4) is 0 Å². The van der Waals surface area contributed by atoms with Crippen molar-refractivity contribution in [3.05, 3.63) is 23.8 Å². The summed E-state index contributed by atoms with van der Waals surface area (Å²) in [5.74, 6) is 0. The number of aliphatic hydroxyl groups is 1. The predicted octanol–water partition coefficient (Wildman–Crippen LogP) is 2.01. The van der Waals surface area contributed by atoms with Crippen molar-refractivity contribution in [1.29, 1.82) is 0 Å². The van der Waals surface area contributed by atoms with E-state index in [1.807, 2.05) is 0 Å². The maximum Gasteiger partial charge on any atom is 0.418 e. The molecule has 1 rings (SSSR count). The lowest BCUT2D eigenvalue weighted by Gasteiger charge is -2.28. The lowest BCUT2D eigenvalue weighted by molar-refractivity contribution is -0.137. The van der Waals surface area contributed by atoms with Gasteiger partial charge in [-0.05, 0) is 39.2 Å². The normalized spacial score (nSPS) is 15.2. The number of rotatable bonds is 5. The third-order valence-electron chi connectivity index (χ3n) is 2.67. The summed E-state index contributed by atoms with van der Waals surface area (Å²) in [6, 6.07) is 3.53. The molecule has 0 saturated carbocycles. The van der Waals surface area contributed by atoms with Crippen LogP contribution in [0.1, 0.15) is 12.5 Å². The van der Waals surface area contributed by atoms with Crippen molar-refractivity contribution >= 4 is 11.4 Å². The smallest absolute Gasteiger partial charge is 0.399 e. The molecule has 0 fully saturated rings. The number of benzene rings is 1. The highest BCUT2D eigenvalue weighted by Crippen LogP contribution is 2.36. The van der Waals surface area contributed by atoms with E-state index in [1.165, 1.54) is 12.1 Å². The number of alkyl halides is 3. The zero-order valence-electron chi connectivity index (χ0n) is 11.8. The van der Waals surface area contributed by atoms with Gasteiger partial charge in [0, 0.05) is 24.5 Å². The van der Waals surface area contributed by atoms with Gasteiger partial charge in [-0.1, -0.05) is 0 Å². The molecule has 0 bridgehead atoms. The molecular weight excluding hydrogens is 271 g/mol. The lowest BCUT2D eigenvalue weighted by atomic mass is 10.1. The first-order chi connectivity index (χ1) is 9.01. The Balaban J connectivity index is 2.88. The largest absolute Gasteiger partial charge is 0.418 e. The Kier molecular flexibility index (Phi) is 4.88. The van der Waals surface area contributed by atoms with Crippen LogP contribution in [0.4, 0.5) is 24.5 Å². The average molecular weight is 291 g/mol. The predicted molar refractivity (Wildman–Crippen MR) is 73.5 cm³/mol. The van der Waals surface area contributed by atoms with Crippen LogP contribution in [0.2, 0.25) is 0 Å². The van der Waals surface area contributed by atoms with E-state index in [9.17, 15) is 18.3 Å². The second-order valence-electron chi connectivity index (χ2n) is 5.39. The van der Waals surface area contributed by atoms with Crippen LogP contribution in [0, 0.1) is 0 Å². The Morgan fingerprint density at radius 3 is 2.40 bits per heavy atom. The maximum atomic E-state index is 12.9. The summed E-state index contributed by atoms with van der Waals surface area (Å²) in [4.78, 5) is 1.76. The molecule has 1 atom stereocenters. The lowest BCUT2D eigenvalue weighted by Crippen LogP contribution is -2.43. The van der Waals surface area contributed by atoms with Crippen LogP contribution < -0.4 is 11.1 Å². The molecule has 0 saturated heterocycles. The third-order valence-corrected chi connectivity index (χ3v) is 2.67. The Bertz CT molecular complexity index is 459. The fourth-order valence-corrected chi connectivity index (χ4v) is 1.97. The zero-order valence-corrected chi connectivity index (χ0v) is 11.8. The number of halogens is 3. The van der Waals surface area contributed by atoms with Gasteiger partial charge in [-0.15, -0.1) is 0 Å². The fourth-order valence-electron chi connectivity index (χ4n) is 1.97. The van der Waals surface area contributed by atoms with Gasteiger partial charge in [0.2, 0.25) is 0 Å². The van der Waals surface area contributed by atoms with E-state index in [0.717, 1.165) is 6.07 Å². The van der Waals surface area contributed by atoms with Crippen LogP contribution in [-0.2, 0) is 6.18 Å². The summed E-state index contributed by atoms with van der Waals surface area (Å²) in [5, 5.41) is 12.7. The molecule has 0 heterocycles. The van der Waals surface area contributed by atoms with Crippen molar-refractivity contribution in [2.75, 3.05) is 38.2 Å². The van der Waals surface area contributed by atoms with Crippen molar-refractivity contribution in [1.82, 2.24) is 4.90 Å². The van der Waals surface area contributed by atoms with Gasteiger partial charge in [-0.25, -0.2) is 0 Å². The van der Waals surface area contributed by atoms with E-state index < -0.39 is 17.3 Å². The number of anilines is 2. The Morgan fingerprint density at radius 2 is 1.90 bits per heavy atom. The number of nitrogens with two attached hydrogens (primary N) is 1. The number of nitrogens with zero attached hydrogens (tertiary/aromatic N) is 1. The summed E-state index contributed by atoms with van der Waals surface area (Å²) < 4.78 is 38.7. The summed E-state index contributed by atoms with van der Waals surface area (Å²) in [6.45, 7) is 1.89.